The number of hydrogen-bond donors (Lipinski definition) is 2. The maximum atomic E-state index is 13.7. The van der Waals surface area contributed by atoms with Crippen LogP contribution >= 0.6 is 0 Å². The molecule has 180 valence electrons. The number of nitriles is 1. The minimum atomic E-state index is -1.02. The van der Waals surface area contributed by atoms with E-state index < -0.39 is 29.6 Å². The summed E-state index contributed by atoms with van der Waals surface area (Å²) in [4.78, 5) is 28.2. The van der Waals surface area contributed by atoms with Crippen molar-refractivity contribution in [3.8, 4) is 6.07 Å². The average molecular weight is 470 g/mol. The number of para-hydroxylation sites is 1. The Morgan fingerprint density at radius 3 is 2.65 bits per heavy atom. The number of amides is 3. The number of benzene rings is 2. The average Bonchev–Trinajstić information content (AvgIpc) is 3.30. The lowest BCUT2D eigenvalue weighted by Gasteiger charge is -2.29. The number of nitrogens with zero attached hydrogens (tertiary/aromatic N) is 3. The van der Waals surface area contributed by atoms with E-state index in [0.717, 1.165) is 42.2 Å². The van der Waals surface area contributed by atoms with Crippen molar-refractivity contribution >= 4 is 17.6 Å². The SMILES string of the molecule is CCC(c1ccc(F)c(F)c1)N(C(C)=O)C(=O)NCCNC1CCN(c2ccccc2C#N)C1. The van der Waals surface area contributed by atoms with Crippen LogP contribution in [0.4, 0.5) is 19.3 Å². The van der Waals surface area contributed by atoms with Crippen LogP contribution in [-0.4, -0.2) is 49.1 Å². The number of carbonyl (C=O) groups excluding carboxylic acids is 2. The van der Waals surface area contributed by atoms with E-state index in [1.165, 1.54) is 13.0 Å². The molecule has 34 heavy (non-hydrogen) atoms. The molecule has 0 aliphatic carbocycles. The van der Waals surface area contributed by atoms with E-state index >= 15 is 0 Å². The molecule has 2 aromatic rings. The van der Waals surface area contributed by atoms with Gasteiger partial charge in [0.05, 0.1) is 17.3 Å². The molecular formula is C25H29F2N5O2. The van der Waals surface area contributed by atoms with Crippen molar-refractivity contribution in [3.63, 3.8) is 0 Å². The van der Waals surface area contributed by atoms with Crippen LogP contribution in [0, 0.1) is 23.0 Å². The standard InChI is InChI=1S/C25H29F2N5O2/c1-3-23(18-8-9-21(26)22(27)14-18)32(17(2)33)25(34)30-12-11-29-20-10-13-31(16-20)24-7-5-4-6-19(24)15-28/h4-9,14,20,23,29H,3,10-13,16H2,1-2H3,(H,30,34). The van der Waals surface area contributed by atoms with Crippen LogP contribution in [0.1, 0.15) is 43.9 Å². The molecule has 1 aliphatic rings. The monoisotopic (exact) mass is 469 g/mol. The smallest absolute Gasteiger partial charge is 0.324 e. The highest BCUT2D eigenvalue weighted by molar-refractivity contribution is 5.93. The summed E-state index contributed by atoms with van der Waals surface area (Å²) in [6, 6.07) is 12.0. The second kappa shape index (κ2) is 11.6. The van der Waals surface area contributed by atoms with Crippen LogP contribution < -0.4 is 15.5 Å². The highest BCUT2D eigenvalue weighted by atomic mass is 19.2. The molecule has 2 unspecified atom stereocenters. The predicted molar refractivity (Wildman–Crippen MR) is 125 cm³/mol. The molecule has 0 saturated carbocycles. The Labute approximate surface area is 198 Å². The Morgan fingerprint density at radius 1 is 1.21 bits per heavy atom. The Bertz CT molecular complexity index is 1070. The predicted octanol–water partition coefficient (Wildman–Crippen LogP) is 3.71. The zero-order chi connectivity index (χ0) is 24.7. The van der Waals surface area contributed by atoms with E-state index in [0.29, 0.717) is 30.6 Å². The zero-order valence-corrected chi connectivity index (χ0v) is 19.4. The molecule has 9 heteroatoms. The lowest BCUT2D eigenvalue weighted by atomic mass is 10.0. The second-order valence-electron chi connectivity index (χ2n) is 8.23. The van der Waals surface area contributed by atoms with Crippen molar-refractivity contribution in [2.75, 3.05) is 31.1 Å². The van der Waals surface area contributed by atoms with Crippen molar-refractivity contribution < 1.29 is 18.4 Å². The summed E-state index contributed by atoms with van der Waals surface area (Å²) in [5.41, 5.74) is 1.92. The van der Waals surface area contributed by atoms with E-state index in [1.54, 1.807) is 13.0 Å². The Balaban J connectivity index is 1.52. The third-order valence-electron chi connectivity index (χ3n) is 5.97. The molecule has 3 rings (SSSR count). The van der Waals surface area contributed by atoms with Crippen molar-refractivity contribution in [1.29, 1.82) is 5.26 Å². The van der Waals surface area contributed by atoms with Gasteiger partial charge in [-0.05, 0) is 42.7 Å². The van der Waals surface area contributed by atoms with Crippen LogP contribution in [0.5, 0.6) is 0 Å². The number of anilines is 1. The molecule has 1 saturated heterocycles. The van der Waals surface area contributed by atoms with Gasteiger partial charge in [-0.2, -0.15) is 5.26 Å². The molecule has 3 amide bonds. The molecule has 1 aliphatic heterocycles. The summed E-state index contributed by atoms with van der Waals surface area (Å²) in [6.07, 6.45) is 1.26. The topological polar surface area (TPSA) is 88.5 Å². The van der Waals surface area contributed by atoms with E-state index in [9.17, 15) is 23.6 Å². The maximum absolute atomic E-state index is 13.7. The summed E-state index contributed by atoms with van der Waals surface area (Å²) >= 11 is 0. The van der Waals surface area contributed by atoms with Crippen LogP contribution in [0.2, 0.25) is 0 Å². The van der Waals surface area contributed by atoms with Crippen LogP contribution in [0.3, 0.4) is 0 Å². The van der Waals surface area contributed by atoms with Gasteiger partial charge in [-0.3, -0.25) is 9.69 Å². The zero-order valence-electron chi connectivity index (χ0n) is 19.4. The summed E-state index contributed by atoms with van der Waals surface area (Å²) in [6.45, 7) is 5.41. The van der Waals surface area contributed by atoms with E-state index in [2.05, 4.69) is 21.6 Å². The third-order valence-corrected chi connectivity index (χ3v) is 5.97. The van der Waals surface area contributed by atoms with E-state index in [-0.39, 0.29) is 6.04 Å². The van der Waals surface area contributed by atoms with Crippen molar-refractivity contribution in [3.05, 3.63) is 65.2 Å². The van der Waals surface area contributed by atoms with Gasteiger partial charge in [0, 0.05) is 39.1 Å². The van der Waals surface area contributed by atoms with Gasteiger partial charge < -0.3 is 15.5 Å². The second-order valence-corrected chi connectivity index (χ2v) is 8.23. The van der Waals surface area contributed by atoms with Gasteiger partial charge in [-0.25, -0.2) is 13.6 Å². The Morgan fingerprint density at radius 2 is 1.97 bits per heavy atom. The van der Waals surface area contributed by atoms with Gasteiger partial charge in [0.1, 0.15) is 6.07 Å². The Hall–Kier alpha value is -3.51. The number of imide groups is 1. The molecular weight excluding hydrogens is 440 g/mol. The first-order valence-electron chi connectivity index (χ1n) is 11.4. The fourth-order valence-corrected chi connectivity index (χ4v) is 4.31. The first-order chi connectivity index (χ1) is 16.3. The van der Waals surface area contributed by atoms with E-state index in [1.807, 2.05) is 18.2 Å². The molecule has 0 spiro atoms. The fourth-order valence-electron chi connectivity index (χ4n) is 4.31. The molecule has 1 fully saturated rings. The first-order valence-corrected chi connectivity index (χ1v) is 11.4. The summed E-state index contributed by atoms with van der Waals surface area (Å²) in [5, 5.41) is 15.4. The molecule has 2 aromatic carbocycles. The number of rotatable bonds is 8. The van der Waals surface area contributed by atoms with Gasteiger partial charge in [0.2, 0.25) is 5.91 Å². The van der Waals surface area contributed by atoms with Gasteiger partial charge >= 0.3 is 6.03 Å². The molecule has 1 heterocycles. The minimum absolute atomic E-state index is 0.207. The normalized spacial score (nSPS) is 16.1. The van der Waals surface area contributed by atoms with E-state index in [4.69, 9.17) is 0 Å². The maximum Gasteiger partial charge on any atom is 0.324 e. The van der Waals surface area contributed by atoms with Gasteiger partial charge in [-0.15, -0.1) is 0 Å². The molecule has 0 bridgehead atoms. The summed E-state index contributed by atoms with van der Waals surface area (Å²) in [7, 11) is 0. The van der Waals surface area contributed by atoms with Gasteiger partial charge in [0.15, 0.2) is 11.6 Å². The third kappa shape index (κ3) is 5.88. The number of carbonyl (C=O) groups is 2. The highest BCUT2D eigenvalue weighted by Crippen LogP contribution is 2.26. The van der Waals surface area contributed by atoms with Crippen LogP contribution in [-0.2, 0) is 4.79 Å². The summed E-state index contributed by atoms with van der Waals surface area (Å²) < 4.78 is 27.0. The lowest BCUT2D eigenvalue weighted by molar-refractivity contribution is -0.128. The van der Waals surface area contributed by atoms with Gasteiger partial charge in [-0.1, -0.05) is 25.1 Å². The van der Waals surface area contributed by atoms with Crippen LogP contribution in [0.15, 0.2) is 42.5 Å². The quantitative estimate of drug-likeness (QED) is 0.576. The van der Waals surface area contributed by atoms with Crippen molar-refractivity contribution in [1.82, 2.24) is 15.5 Å². The molecule has 2 N–H and O–H groups in total. The molecule has 2 atom stereocenters. The molecule has 0 radical (unpaired) electrons. The fraction of sp³-hybridized carbons (Fsp3) is 0.400. The largest absolute Gasteiger partial charge is 0.369 e. The summed E-state index contributed by atoms with van der Waals surface area (Å²) in [5.74, 6) is -2.48. The Kier molecular flexibility index (Phi) is 8.55. The van der Waals surface area contributed by atoms with Crippen molar-refractivity contribution in [2.24, 2.45) is 0 Å². The molecule has 7 nitrogen and oxygen atoms in total. The first kappa shape index (κ1) is 25.1. The van der Waals surface area contributed by atoms with Gasteiger partial charge in [0.25, 0.3) is 0 Å². The molecule has 0 aromatic heterocycles. The number of nitrogens with one attached hydrogen (secondary N) is 2. The minimum Gasteiger partial charge on any atom is -0.369 e. The highest BCUT2D eigenvalue weighted by Gasteiger charge is 2.28. The number of hydrogen-bond acceptors (Lipinski definition) is 5. The number of halogens is 2. The van der Waals surface area contributed by atoms with Crippen molar-refractivity contribution in [2.45, 2.75) is 38.8 Å². The van der Waals surface area contributed by atoms with Crippen LogP contribution in [0.25, 0.3) is 0 Å². The lowest BCUT2D eigenvalue weighted by Crippen LogP contribution is -2.47. The number of urea groups is 1.